The van der Waals surface area contributed by atoms with Crippen LogP contribution in [0.2, 0.25) is 5.02 Å². The molecule has 8 heteroatoms. The molecule has 0 spiro atoms. The second-order valence-electron chi connectivity index (χ2n) is 7.72. The third-order valence-electron chi connectivity index (χ3n) is 5.41. The number of halogens is 1. The van der Waals surface area contributed by atoms with Crippen LogP contribution in [0, 0.1) is 11.3 Å². The van der Waals surface area contributed by atoms with E-state index in [0.717, 1.165) is 5.39 Å². The number of carbonyl (C=O) groups excluding carboxylic acids is 1. The summed E-state index contributed by atoms with van der Waals surface area (Å²) in [5, 5.41) is 16.1. The Hall–Kier alpha value is -4.51. The van der Waals surface area contributed by atoms with E-state index in [9.17, 15) is 14.9 Å². The quantitative estimate of drug-likeness (QED) is 0.154. The van der Waals surface area contributed by atoms with Crippen molar-refractivity contribution in [2.75, 3.05) is 5.32 Å². The van der Waals surface area contributed by atoms with Crippen LogP contribution in [0.15, 0.2) is 99.7 Å². The summed E-state index contributed by atoms with van der Waals surface area (Å²) in [5.41, 5.74) is 2.35. The number of benzene rings is 3. The highest BCUT2D eigenvalue weighted by Gasteiger charge is 2.16. The van der Waals surface area contributed by atoms with E-state index < -0.39 is 5.63 Å². The molecule has 0 fully saturated rings. The van der Waals surface area contributed by atoms with E-state index in [1.165, 1.54) is 17.5 Å². The standard InChI is InChI=1S/C28H16ClN3O3S/c29-20-10-11-23(21(13-20)26(33)17-6-2-1-3-7-17)31-15-19(14-30)27-32-24(16-36-27)22-12-18-8-4-5-9-25(18)35-28(22)34/h1-13,15-16,31H. The highest BCUT2D eigenvalue weighted by atomic mass is 35.5. The van der Waals surface area contributed by atoms with Gasteiger partial charge in [0.2, 0.25) is 0 Å². The lowest BCUT2D eigenvalue weighted by atomic mass is 10.0. The monoisotopic (exact) mass is 509 g/mol. The first-order valence-electron chi connectivity index (χ1n) is 10.8. The molecule has 0 saturated carbocycles. The number of carbonyl (C=O) groups is 1. The summed E-state index contributed by atoms with van der Waals surface area (Å²) >= 11 is 7.38. The summed E-state index contributed by atoms with van der Waals surface area (Å²) < 4.78 is 5.40. The first-order valence-corrected chi connectivity index (χ1v) is 12.0. The van der Waals surface area contributed by atoms with Crippen LogP contribution in [-0.2, 0) is 0 Å². The Bertz CT molecular complexity index is 1730. The number of para-hydroxylation sites is 1. The maximum atomic E-state index is 13.1. The zero-order chi connectivity index (χ0) is 25.1. The number of hydrogen-bond donors (Lipinski definition) is 1. The lowest BCUT2D eigenvalue weighted by molar-refractivity contribution is 0.103. The maximum absolute atomic E-state index is 13.1. The minimum atomic E-state index is -0.503. The minimum absolute atomic E-state index is 0.202. The summed E-state index contributed by atoms with van der Waals surface area (Å²) in [6, 6.07) is 24.8. The molecule has 0 aliphatic carbocycles. The number of nitrogens with one attached hydrogen (secondary N) is 1. The summed E-state index contributed by atoms with van der Waals surface area (Å²) in [5.74, 6) is -0.202. The molecule has 0 radical (unpaired) electrons. The van der Waals surface area contributed by atoms with Crippen molar-refractivity contribution in [2.45, 2.75) is 0 Å². The number of fused-ring (bicyclic) bond motifs is 1. The zero-order valence-electron chi connectivity index (χ0n) is 18.6. The van der Waals surface area contributed by atoms with Gasteiger partial charge in [-0.3, -0.25) is 4.79 Å². The summed E-state index contributed by atoms with van der Waals surface area (Å²) in [6.07, 6.45) is 1.48. The highest BCUT2D eigenvalue weighted by molar-refractivity contribution is 7.11. The lowest BCUT2D eigenvalue weighted by Gasteiger charge is -2.10. The smallest absolute Gasteiger partial charge is 0.345 e. The number of nitriles is 1. The largest absolute Gasteiger partial charge is 0.422 e. The molecule has 0 aliphatic rings. The fraction of sp³-hybridized carbons (Fsp3) is 0. The maximum Gasteiger partial charge on any atom is 0.345 e. The van der Waals surface area contributed by atoms with Crippen molar-refractivity contribution in [3.05, 3.63) is 122 Å². The van der Waals surface area contributed by atoms with E-state index in [4.69, 9.17) is 16.0 Å². The SMILES string of the molecule is N#CC(=CNc1ccc(Cl)cc1C(=O)c1ccccc1)c1nc(-c2cc3ccccc3oc2=O)cs1. The van der Waals surface area contributed by atoms with Gasteiger partial charge in [0.05, 0.1) is 11.3 Å². The molecule has 0 amide bonds. The Morgan fingerprint density at radius 1 is 1.06 bits per heavy atom. The van der Waals surface area contributed by atoms with Gasteiger partial charge in [-0.05, 0) is 30.3 Å². The van der Waals surface area contributed by atoms with Crippen molar-refractivity contribution < 1.29 is 9.21 Å². The molecule has 5 aromatic rings. The van der Waals surface area contributed by atoms with E-state index in [0.29, 0.717) is 43.7 Å². The number of rotatable bonds is 6. The molecular formula is C28H16ClN3O3S. The molecule has 36 heavy (non-hydrogen) atoms. The Kier molecular flexibility index (Phi) is 6.46. The van der Waals surface area contributed by atoms with E-state index >= 15 is 0 Å². The van der Waals surface area contributed by atoms with Crippen LogP contribution in [0.5, 0.6) is 0 Å². The van der Waals surface area contributed by atoms with Crippen molar-refractivity contribution in [3.8, 4) is 17.3 Å². The van der Waals surface area contributed by atoms with Crippen LogP contribution in [-0.4, -0.2) is 10.8 Å². The van der Waals surface area contributed by atoms with Gasteiger partial charge < -0.3 is 9.73 Å². The van der Waals surface area contributed by atoms with Crippen LogP contribution in [0.25, 0.3) is 27.8 Å². The Morgan fingerprint density at radius 3 is 2.64 bits per heavy atom. The Balaban J connectivity index is 1.46. The predicted molar refractivity (Wildman–Crippen MR) is 142 cm³/mol. The average molecular weight is 510 g/mol. The van der Waals surface area contributed by atoms with Crippen LogP contribution in [0.1, 0.15) is 20.9 Å². The number of thiazole rings is 1. The van der Waals surface area contributed by atoms with Gasteiger partial charge in [-0.2, -0.15) is 5.26 Å². The zero-order valence-corrected chi connectivity index (χ0v) is 20.1. The molecule has 0 atom stereocenters. The van der Waals surface area contributed by atoms with Gasteiger partial charge in [0, 0.05) is 38.8 Å². The number of ketones is 1. The second kappa shape index (κ2) is 10.0. The van der Waals surface area contributed by atoms with Gasteiger partial charge >= 0.3 is 5.63 Å². The van der Waals surface area contributed by atoms with Crippen LogP contribution < -0.4 is 10.9 Å². The summed E-state index contributed by atoms with van der Waals surface area (Å²) in [6.45, 7) is 0. The third kappa shape index (κ3) is 4.68. The number of allylic oxidation sites excluding steroid dienone is 1. The van der Waals surface area contributed by atoms with Gasteiger partial charge in [-0.25, -0.2) is 9.78 Å². The van der Waals surface area contributed by atoms with Crippen LogP contribution >= 0.6 is 22.9 Å². The molecule has 5 rings (SSSR count). The van der Waals surface area contributed by atoms with Crippen LogP contribution in [0.3, 0.4) is 0 Å². The van der Waals surface area contributed by atoms with E-state index in [1.807, 2.05) is 18.2 Å². The number of nitrogens with zero attached hydrogens (tertiary/aromatic N) is 2. The predicted octanol–water partition coefficient (Wildman–Crippen LogP) is 6.78. The topological polar surface area (TPSA) is 96.0 Å². The highest BCUT2D eigenvalue weighted by Crippen LogP contribution is 2.28. The number of anilines is 1. The molecule has 6 nitrogen and oxygen atoms in total. The van der Waals surface area contributed by atoms with Crippen molar-refractivity contribution in [2.24, 2.45) is 0 Å². The van der Waals surface area contributed by atoms with E-state index in [-0.39, 0.29) is 11.4 Å². The molecule has 1 N–H and O–H groups in total. The molecule has 3 aromatic carbocycles. The first kappa shape index (κ1) is 23.2. The fourth-order valence-electron chi connectivity index (χ4n) is 3.63. The second-order valence-corrected chi connectivity index (χ2v) is 9.02. The third-order valence-corrected chi connectivity index (χ3v) is 6.52. The normalized spacial score (nSPS) is 11.3. The molecule has 174 valence electrons. The minimum Gasteiger partial charge on any atom is -0.422 e. The first-order chi connectivity index (χ1) is 17.5. The molecule has 0 bridgehead atoms. The van der Waals surface area contributed by atoms with Gasteiger partial charge in [0.15, 0.2) is 5.78 Å². The Labute approximate surface area is 214 Å². The fourth-order valence-corrected chi connectivity index (χ4v) is 4.59. The van der Waals surface area contributed by atoms with Gasteiger partial charge in [-0.1, -0.05) is 60.1 Å². The van der Waals surface area contributed by atoms with E-state index in [1.54, 1.807) is 66.0 Å². The summed E-state index contributed by atoms with van der Waals surface area (Å²) in [4.78, 5) is 30.0. The van der Waals surface area contributed by atoms with Crippen molar-refractivity contribution in [3.63, 3.8) is 0 Å². The molecule has 2 heterocycles. The molecule has 2 aromatic heterocycles. The lowest BCUT2D eigenvalue weighted by Crippen LogP contribution is -2.05. The van der Waals surface area contributed by atoms with Gasteiger partial charge in [-0.15, -0.1) is 11.3 Å². The van der Waals surface area contributed by atoms with E-state index in [2.05, 4.69) is 16.4 Å². The Morgan fingerprint density at radius 2 is 1.83 bits per heavy atom. The van der Waals surface area contributed by atoms with Crippen molar-refractivity contribution >= 4 is 51.0 Å². The molecule has 0 saturated heterocycles. The van der Waals surface area contributed by atoms with Crippen LogP contribution in [0.4, 0.5) is 5.69 Å². The molecule has 0 unspecified atom stereocenters. The van der Waals surface area contributed by atoms with Gasteiger partial charge in [0.25, 0.3) is 0 Å². The number of aromatic nitrogens is 1. The molecular weight excluding hydrogens is 494 g/mol. The average Bonchev–Trinajstić information content (AvgIpc) is 3.39. The van der Waals surface area contributed by atoms with Crippen molar-refractivity contribution in [1.82, 2.24) is 4.98 Å². The van der Waals surface area contributed by atoms with Gasteiger partial charge in [0.1, 0.15) is 22.2 Å². The summed E-state index contributed by atoms with van der Waals surface area (Å²) in [7, 11) is 0. The molecule has 0 aliphatic heterocycles. The number of hydrogen-bond acceptors (Lipinski definition) is 7. The van der Waals surface area contributed by atoms with Crippen molar-refractivity contribution in [1.29, 1.82) is 5.26 Å².